The third-order valence-corrected chi connectivity index (χ3v) is 2.90. The summed E-state index contributed by atoms with van der Waals surface area (Å²) in [7, 11) is 3.29. The van der Waals surface area contributed by atoms with E-state index in [9.17, 15) is 4.79 Å². The quantitative estimate of drug-likeness (QED) is 0.843. The summed E-state index contributed by atoms with van der Waals surface area (Å²) in [5.41, 5.74) is 7.76. The number of nitrogens with one attached hydrogen (secondary N) is 1. The smallest absolute Gasteiger partial charge is 0.326 e. The van der Waals surface area contributed by atoms with Crippen LogP contribution in [-0.2, 0) is 0 Å². The summed E-state index contributed by atoms with van der Waals surface area (Å²) >= 11 is 0. The molecule has 2 aromatic carbocycles. The van der Waals surface area contributed by atoms with Gasteiger partial charge in [0.2, 0.25) is 0 Å². The minimum atomic E-state index is -0.235. The summed E-state index contributed by atoms with van der Waals surface area (Å²) in [5, 5.41) is 2.80. The first kappa shape index (κ1) is 13.7. The van der Waals surface area contributed by atoms with Crippen molar-refractivity contribution in [3.8, 4) is 5.75 Å². The van der Waals surface area contributed by atoms with Gasteiger partial charge >= 0.3 is 6.03 Å². The van der Waals surface area contributed by atoms with Crippen LogP contribution in [0.1, 0.15) is 0 Å². The van der Waals surface area contributed by atoms with Gasteiger partial charge in [0.15, 0.2) is 0 Å². The molecule has 2 amide bonds. The van der Waals surface area contributed by atoms with E-state index in [0.717, 1.165) is 11.4 Å². The summed E-state index contributed by atoms with van der Waals surface area (Å²) in [6, 6.07) is 14.1. The molecule has 0 radical (unpaired) electrons. The number of nitrogen functional groups attached to an aromatic ring is 1. The van der Waals surface area contributed by atoms with E-state index in [1.165, 1.54) is 4.90 Å². The van der Waals surface area contributed by atoms with E-state index in [1.807, 2.05) is 12.1 Å². The first-order chi connectivity index (χ1) is 9.60. The van der Waals surface area contributed by atoms with Gasteiger partial charge in [0.1, 0.15) is 5.75 Å². The molecule has 0 aromatic heterocycles. The molecule has 5 nitrogen and oxygen atoms in total. The van der Waals surface area contributed by atoms with Crippen molar-refractivity contribution in [2.24, 2.45) is 0 Å². The highest BCUT2D eigenvalue weighted by atomic mass is 16.5. The molecule has 2 rings (SSSR count). The number of anilines is 3. The van der Waals surface area contributed by atoms with E-state index in [4.69, 9.17) is 10.5 Å². The molecule has 0 bridgehead atoms. The number of amides is 2. The van der Waals surface area contributed by atoms with E-state index in [0.29, 0.717) is 11.4 Å². The molecule has 0 atom stereocenters. The van der Waals surface area contributed by atoms with Crippen LogP contribution in [0.25, 0.3) is 0 Å². The monoisotopic (exact) mass is 271 g/mol. The van der Waals surface area contributed by atoms with E-state index < -0.39 is 0 Å². The van der Waals surface area contributed by atoms with Crippen molar-refractivity contribution in [1.29, 1.82) is 0 Å². The van der Waals surface area contributed by atoms with Gasteiger partial charge in [-0.1, -0.05) is 6.07 Å². The average molecular weight is 271 g/mol. The zero-order valence-corrected chi connectivity index (χ0v) is 11.5. The SMILES string of the molecule is COc1ccc(NC(=O)N(C)c2cccc(N)c2)cc1. The number of carbonyl (C=O) groups is 1. The number of methoxy groups -OCH3 is 1. The van der Waals surface area contributed by atoms with Crippen molar-refractivity contribution >= 4 is 23.1 Å². The minimum Gasteiger partial charge on any atom is -0.497 e. The molecule has 0 unspecified atom stereocenters. The topological polar surface area (TPSA) is 67.6 Å². The van der Waals surface area contributed by atoms with E-state index in [1.54, 1.807) is 50.6 Å². The number of nitrogens with zero attached hydrogens (tertiary/aromatic N) is 1. The Labute approximate surface area is 118 Å². The minimum absolute atomic E-state index is 0.235. The third kappa shape index (κ3) is 3.20. The van der Waals surface area contributed by atoms with Crippen LogP contribution in [0.5, 0.6) is 5.75 Å². The van der Waals surface area contributed by atoms with E-state index in [-0.39, 0.29) is 6.03 Å². The number of benzene rings is 2. The molecule has 0 saturated carbocycles. The van der Waals surface area contributed by atoms with E-state index in [2.05, 4.69) is 5.32 Å². The largest absolute Gasteiger partial charge is 0.497 e. The van der Waals surface area contributed by atoms with Gasteiger partial charge in [-0.15, -0.1) is 0 Å². The maximum Gasteiger partial charge on any atom is 0.326 e. The predicted molar refractivity (Wildman–Crippen MR) is 81.3 cm³/mol. The fraction of sp³-hybridized carbons (Fsp3) is 0.133. The molecule has 0 aliphatic rings. The lowest BCUT2D eigenvalue weighted by Gasteiger charge is -2.18. The second-order valence-electron chi connectivity index (χ2n) is 4.31. The standard InChI is InChI=1S/C15H17N3O2/c1-18(13-5-3-4-11(16)10-13)15(19)17-12-6-8-14(20-2)9-7-12/h3-10H,16H2,1-2H3,(H,17,19). The van der Waals surface area contributed by atoms with Gasteiger partial charge < -0.3 is 15.8 Å². The highest BCUT2D eigenvalue weighted by Gasteiger charge is 2.11. The Kier molecular flexibility index (Phi) is 4.10. The van der Waals surface area contributed by atoms with Crippen LogP contribution in [-0.4, -0.2) is 20.2 Å². The summed E-state index contributed by atoms with van der Waals surface area (Å²) < 4.78 is 5.07. The zero-order valence-electron chi connectivity index (χ0n) is 11.5. The van der Waals surface area contributed by atoms with Crippen LogP contribution < -0.4 is 20.7 Å². The molecule has 20 heavy (non-hydrogen) atoms. The predicted octanol–water partition coefficient (Wildman–Crippen LogP) is 2.95. The molecule has 104 valence electrons. The first-order valence-electron chi connectivity index (χ1n) is 6.14. The van der Waals surface area contributed by atoms with Gasteiger partial charge in [-0.2, -0.15) is 0 Å². The van der Waals surface area contributed by atoms with Crippen LogP contribution in [0.2, 0.25) is 0 Å². The zero-order chi connectivity index (χ0) is 14.5. The fourth-order valence-corrected chi connectivity index (χ4v) is 1.73. The highest BCUT2D eigenvalue weighted by molar-refractivity contribution is 6.01. The molecular formula is C15H17N3O2. The molecule has 0 saturated heterocycles. The van der Waals surface area contributed by atoms with Crippen LogP contribution in [0.4, 0.5) is 21.9 Å². The Balaban J connectivity index is 2.07. The van der Waals surface area contributed by atoms with Crippen LogP contribution in [0.3, 0.4) is 0 Å². The van der Waals surface area contributed by atoms with Crippen LogP contribution in [0.15, 0.2) is 48.5 Å². The Morgan fingerprint density at radius 2 is 1.90 bits per heavy atom. The number of hydrogen-bond donors (Lipinski definition) is 2. The molecule has 0 fully saturated rings. The number of ether oxygens (including phenoxy) is 1. The molecule has 5 heteroatoms. The van der Waals surface area contributed by atoms with Gasteiger partial charge in [0, 0.05) is 24.1 Å². The Morgan fingerprint density at radius 1 is 1.20 bits per heavy atom. The Morgan fingerprint density at radius 3 is 2.50 bits per heavy atom. The van der Waals surface area contributed by atoms with Crippen molar-refractivity contribution in [2.45, 2.75) is 0 Å². The normalized spacial score (nSPS) is 9.90. The summed E-state index contributed by atoms with van der Waals surface area (Å²) in [5.74, 6) is 0.743. The second-order valence-corrected chi connectivity index (χ2v) is 4.31. The lowest BCUT2D eigenvalue weighted by molar-refractivity contribution is 0.258. The number of hydrogen-bond acceptors (Lipinski definition) is 3. The molecule has 0 spiro atoms. The summed E-state index contributed by atoms with van der Waals surface area (Å²) in [4.78, 5) is 13.6. The van der Waals surface area contributed by atoms with Crippen molar-refractivity contribution < 1.29 is 9.53 Å². The maximum absolute atomic E-state index is 12.1. The lowest BCUT2D eigenvalue weighted by Crippen LogP contribution is -2.31. The van der Waals surface area contributed by atoms with Gasteiger partial charge in [-0.05, 0) is 42.5 Å². The summed E-state index contributed by atoms with van der Waals surface area (Å²) in [6.45, 7) is 0. The fourth-order valence-electron chi connectivity index (χ4n) is 1.73. The van der Waals surface area contributed by atoms with Gasteiger partial charge in [0.25, 0.3) is 0 Å². The van der Waals surface area contributed by atoms with Crippen LogP contribution >= 0.6 is 0 Å². The maximum atomic E-state index is 12.1. The lowest BCUT2D eigenvalue weighted by atomic mass is 10.2. The van der Waals surface area contributed by atoms with Gasteiger partial charge in [-0.25, -0.2) is 4.79 Å². The molecule has 2 aromatic rings. The van der Waals surface area contributed by atoms with Crippen molar-refractivity contribution in [3.05, 3.63) is 48.5 Å². The van der Waals surface area contributed by atoms with E-state index >= 15 is 0 Å². The highest BCUT2D eigenvalue weighted by Crippen LogP contribution is 2.19. The van der Waals surface area contributed by atoms with Crippen LogP contribution in [0, 0.1) is 0 Å². The number of carbonyl (C=O) groups excluding carboxylic acids is 1. The second kappa shape index (κ2) is 5.97. The summed E-state index contributed by atoms with van der Waals surface area (Å²) in [6.07, 6.45) is 0. The molecule has 0 aliphatic carbocycles. The van der Waals surface area contributed by atoms with Crippen molar-refractivity contribution in [3.63, 3.8) is 0 Å². The van der Waals surface area contributed by atoms with Gasteiger partial charge in [-0.3, -0.25) is 4.90 Å². The Bertz CT molecular complexity index is 596. The van der Waals surface area contributed by atoms with Crippen molar-refractivity contribution in [2.75, 3.05) is 30.1 Å². The van der Waals surface area contributed by atoms with Crippen molar-refractivity contribution in [1.82, 2.24) is 0 Å². The first-order valence-corrected chi connectivity index (χ1v) is 6.14. The molecule has 0 aliphatic heterocycles. The molecular weight excluding hydrogens is 254 g/mol. The average Bonchev–Trinajstić information content (AvgIpc) is 2.47. The molecule has 0 heterocycles. The number of rotatable bonds is 3. The third-order valence-electron chi connectivity index (χ3n) is 2.90. The Hall–Kier alpha value is -2.69. The molecule has 3 N–H and O–H groups in total. The number of nitrogens with two attached hydrogens (primary N) is 1. The number of urea groups is 1. The van der Waals surface area contributed by atoms with Gasteiger partial charge in [0.05, 0.1) is 7.11 Å².